The Kier molecular flexibility index (Phi) is 2.30. The fraction of sp³-hybridized carbons (Fsp3) is 0.333. The molecule has 0 saturated carbocycles. The summed E-state index contributed by atoms with van der Waals surface area (Å²) in [5.41, 5.74) is -0.243. The van der Waals surface area contributed by atoms with Crippen LogP contribution in [0.5, 0.6) is 0 Å². The first-order chi connectivity index (χ1) is 12.4. The first-order valence-corrected chi connectivity index (χ1v) is 7.80. The highest BCUT2D eigenvalue weighted by atomic mass is 35.5. The summed E-state index contributed by atoms with van der Waals surface area (Å²) >= 11 is 6.26. The highest BCUT2D eigenvalue weighted by Crippen LogP contribution is 2.38. The van der Waals surface area contributed by atoms with Crippen LogP contribution in [0.1, 0.15) is 33.2 Å². The molecule has 0 radical (unpaired) electrons. The average molecular weight is 333 g/mol. The molecule has 0 aliphatic carbocycles. The molecule has 2 aromatic carbocycles. The second kappa shape index (κ2) is 4.76. The van der Waals surface area contributed by atoms with Gasteiger partial charge in [-0.3, -0.25) is 0 Å². The standard InChI is InChI=1S/C18H18BClO3/c1-17(2)18(3,4)23-19(22-17)13-9-11(20)10-15-16(13)12-7-5-6-8-14(12)21-15/h5-10H,1-4H3/i5D,6D,8D,9D. The van der Waals surface area contributed by atoms with Crippen molar-refractivity contribution in [2.24, 2.45) is 0 Å². The van der Waals surface area contributed by atoms with E-state index in [9.17, 15) is 0 Å². The summed E-state index contributed by atoms with van der Waals surface area (Å²) in [6, 6.07) is 2.58. The van der Waals surface area contributed by atoms with Gasteiger partial charge < -0.3 is 13.7 Å². The third-order valence-corrected chi connectivity index (χ3v) is 4.91. The Labute approximate surface area is 146 Å². The van der Waals surface area contributed by atoms with Crippen molar-refractivity contribution in [2.45, 2.75) is 38.9 Å². The molecule has 2 heterocycles. The topological polar surface area (TPSA) is 31.6 Å². The molecule has 23 heavy (non-hydrogen) atoms. The van der Waals surface area contributed by atoms with Gasteiger partial charge in [0.15, 0.2) is 0 Å². The number of benzene rings is 2. The fourth-order valence-electron chi connectivity index (χ4n) is 2.75. The molecule has 0 bridgehead atoms. The van der Waals surface area contributed by atoms with E-state index in [-0.39, 0.29) is 34.8 Å². The molecule has 4 rings (SSSR count). The van der Waals surface area contributed by atoms with Crippen LogP contribution in [0.25, 0.3) is 21.9 Å². The van der Waals surface area contributed by atoms with Crippen LogP contribution in [0.3, 0.4) is 0 Å². The number of furan rings is 1. The highest BCUT2D eigenvalue weighted by Gasteiger charge is 2.52. The molecular weight excluding hydrogens is 310 g/mol. The zero-order chi connectivity index (χ0) is 19.9. The van der Waals surface area contributed by atoms with E-state index in [1.807, 2.05) is 27.7 Å². The predicted octanol–water partition coefficient (Wildman–Crippen LogP) is 4.54. The lowest BCUT2D eigenvalue weighted by atomic mass is 9.76. The van der Waals surface area contributed by atoms with E-state index in [1.54, 1.807) is 0 Å². The van der Waals surface area contributed by atoms with Crippen molar-refractivity contribution in [3.63, 3.8) is 0 Å². The van der Waals surface area contributed by atoms with Gasteiger partial charge >= 0.3 is 7.12 Å². The maximum absolute atomic E-state index is 8.50. The third-order valence-electron chi connectivity index (χ3n) is 4.71. The lowest BCUT2D eigenvalue weighted by Gasteiger charge is -2.32. The quantitative estimate of drug-likeness (QED) is 0.613. The zero-order valence-electron chi connectivity index (χ0n) is 17.3. The average Bonchev–Trinajstić information content (AvgIpc) is 3.00. The molecule has 3 nitrogen and oxygen atoms in total. The zero-order valence-corrected chi connectivity index (χ0v) is 14.1. The third kappa shape index (κ3) is 2.20. The molecule has 1 aliphatic rings. The molecule has 1 saturated heterocycles. The van der Waals surface area contributed by atoms with Crippen molar-refractivity contribution < 1.29 is 19.2 Å². The van der Waals surface area contributed by atoms with Gasteiger partial charge in [0.2, 0.25) is 0 Å². The Morgan fingerprint density at radius 2 is 1.78 bits per heavy atom. The van der Waals surface area contributed by atoms with Gasteiger partial charge in [0, 0.05) is 21.9 Å². The minimum atomic E-state index is -0.844. The molecule has 3 aromatic rings. The Morgan fingerprint density at radius 3 is 2.48 bits per heavy atom. The van der Waals surface area contributed by atoms with Crippen molar-refractivity contribution >= 4 is 46.1 Å². The van der Waals surface area contributed by atoms with Gasteiger partial charge in [0.1, 0.15) is 11.2 Å². The smallest absolute Gasteiger partial charge is 0.456 e. The second-order valence-electron chi connectivity index (χ2n) is 6.74. The number of fused-ring (bicyclic) bond motifs is 3. The van der Waals surface area contributed by atoms with Crippen LogP contribution in [0.15, 0.2) is 40.7 Å². The summed E-state index contributed by atoms with van der Waals surface area (Å²) in [6.07, 6.45) is 0. The van der Waals surface area contributed by atoms with Crippen LogP contribution < -0.4 is 5.46 Å². The summed E-state index contributed by atoms with van der Waals surface area (Å²) in [5, 5.41) is 1.18. The van der Waals surface area contributed by atoms with E-state index in [0.717, 1.165) is 0 Å². The first-order valence-electron chi connectivity index (χ1n) is 9.42. The van der Waals surface area contributed by atoms with Crippen LogP contribution in [0.4, 0.5) is 0 Å². The largest absolute Gasteiger partial charge is 0.495 e. The van der Waals surface area contributed by atoms with Crippen molar-refractivity contribution in [2.75, 3.05) is 0 Å². The Hall–Kier alpha value is -1.49. The van der Waals surface area contributed by atoms with Gasteiger partial charge in [-0.05, 0) is 45.2 Å². The molecule has 0 spiro atoms. The molecule has 0 unspecified atom stereocenters. The Balaban J connectivity index is 2.08. The Bertz CT molecular complexity index is 1090. The van der Waals surface area contributed by atoms with Crippen LogP contribution in [0.2, 0.25) is 5.02 Å². The first kappa shape index (κ1) is 11.1. The van der Waals surface area contributed by atoms with Crippen molar-refractivity contribution in [1.29, 1.82) is 0 Å². The predicted molar refractivity (Wildman–Crippen MR) is 94.4 cm³/mol. The Morgan fingerprint density at radius 1 is 1.09 bits per heavy atom. The van der Waals surface area contributed by atoms with E-state index >= 15 is 0 Å². The minimum Gasteiger partial charge on any atom is -0.456 e. The van der Waals surface area contributed by atoms with Gasteiger partial charge in [-0.25, -0.2) is 0 Å². The normalized spacial score (nSPS) is 22.2. The molecule has 0 N–H and O–H groups in total. The molecule has 0 amide bonds. The van der Waals surface area contributed by atoms with E-state index in [0.29, 0.717) is 21.8 Å². The van der Waals surface area contributed by atoms with E-state index in [2.05, 4.69) is 0 Å². The van der Waals surface area contributed by atoms with E-state index in [4.69, 9.17) is 30.8 Å². The van der Waals surface area contributed by atoms with Crippen molar-refractivity contribution in [3.05, 3.63) is 41.3 Å². The molecule has 0 atom stereocenters. The minimum absolute atomic E-state index is 0.0541. The summed E-state index contributed by atoms with van der Waals surface area (Å²) in [5.74, 6) is 0. The SMILES string of the molecule is [2H]c1cc2c(oc3cc(Cl)c([2H])c(B4OC(C)(C)C(C)(C)O4)c32)c([2H])c1[2H]. The summed E-state index contributed by atoms with van der Waals surface area (Å²) in [7, 11) is -0.844. The number of hydrogen-bond acceptors (Lipinski definition) is 3. The lowest BCUT2D eigenvalue weighted by Crippen LogP contribution is -2.41. The van der Waals surface area contributed by atoms with Gasteiger partial charge in [-0.2, -0.15) is 0 Å². The fourth-order valence-corrected chi connectivity index (χ4v) is 2.95. The highest BCUT2D eigenvalue weighted by molar-refractivity contribution is 6.66. The van der Waals surface area contributed by atoms with Crippen LogP contribution in [-0.4, -0.2) is 18.3 Å². The molecular formula is C18H18BClO3. The number of rotatable bonds is 1. The van der Waals surface area contributed by atoms with Crippen LogP contribution in [0, 0.1) is 0 Å². The lowest BCUT2D eigenvalue weighted by molar-refractivity contribution is 0.00578. The maximum Gasteiger partial charge on any atom is 0.495 e. The summed E-state index contributed by atoms with van der Waals surface area (Å²) < 4.78 is 50.5. The summed E-state index contributed by atoms with van der Waals surface area (Å²) in [4.78, 5) is 0. The molecule has 1 aromatic heterocycles. The van der Waals surface area contributed by atoms with Gasteiger partial charge in [0.05, 0.1) is 16.7 Å². The monoisotopic (exact) mass is 332 g/mol. The van der Waals surface area contributed by atoms with Gasteiger partial charge in [0.25, 0.3) is 0 Å². The molecule has 1 aliphatic heterocycles. The summed E-state index contributed by atoms with van der Waals surface area (Å²) in [6.45, 7) is 7.67. The van der Waals surface area contributed by atoms with Gasteiger partial charge in [-0.1, -0.05) is 29.8 Å². The molecule has 1 fully saturated rings. The molecule has 5 heteroatoms. The number of hydrogen-bond donors (Lipinski definition) is 0. The van der Waals surface area contributed by atoms with Crippen molar-refractivity contribution in [3.8, 4) is 0 Å². The number of para-hydroxylation sites is 1. The number of halogens is 1. The van der Waals surface area contributed by atoms with E-state index < -0.39 is 18.3 Å². The van der Waals surface area contributed by atoms with Crippen LogP contribution in [-0.2, 0) is 9.31 Å². The second-order valence-corrected chi connectivity index (χ2v) is 7.15. The van der Waals surface area contributed by atoms with Crippen molar-refractivity contribution in [1.82, 2.24) is 0 Å². The molecule has 118 valence electrons. The van der Waals surface area contributed by atoms with E-state index in [1.165, 1.54) is 12.1 Å². The van der Waals surface area contributed by atoms with Gasteiger partial charge in [-0.15, -0.1) is 0 Å². The van der Waals surface area contributed by atoms with Crippen LogP contribution >= 0.6 is 11.6 Å². The maximum atomic E-state index is 8.50.